The molecular weight excluding hydrogens is 564 g/mol. The van der Waals surface area contributed by atoms with Crippen LogP contribution in [0.5, 0.6) is 0 Å². The average Bonchev–Trinajstić information content (AvgIpc) is 2.75. The fraction of sp³-hybridized carbons (Fsp3) is 0.833. The van der Waals surface area contributed by atoms with Crippen LogP contribution in [-0.4, -0.2) is 84.2 Å². The van der Waals surface area contributed by atoms with Gasteiger partial charge in [-0.1, -0.05) is 6.58 Å². The molecule has 19 heteroatoms. The van der Waals surface area contributed by atoms with Crippen LogP contribution in [0.25, 0.3) is 0 Å². The van der Waals surface area contributed by atoms with Gasteiger partial charge in [-0.15, -0.1) is 0 Å². The molecule has 1 rings (SSSR count). The van der Waals surface area contributed by atoms with E-state index in [9.17, 15) is 62.2 Å². The molecule has 2 unspecified atom stereocenters. The maximum Gasteiger partial charge on any atom is 0.453 e. The number of rotatable bonds is 12. The second kappa shape index (κ2) is 11.6. The fourth-order valence-corrected chi connectivity index (χ4v) is 3.57. The maximum absolute atomic E-state index is 14.1. The lowest BCUT2D eigenvalue weighted by atomic mass is 10.1. The van der Waals surface area contributed by atoms with Gasteiger partial charge < -0.3 is 19.5 Å². The maximum atomic E-state index is 14.1. The van der Waals surface area contributed by atoms with Crippen LogP contribution in [0.1, 0.15) is 38.5 Å². The van der Waals surface area contributed by atoms with Crippen molar-refractivity contribution in [2.24, 2.45) is 0 Å². The van der Waals surface area contributed by atoms with Crippen molar-refractivity contribution in [1.29, 1.82) is 0 Å². The third-order valence-corrected chi connectivity index (χ3v) is 6.12. The lowest BCUT2D eigenvalue weighted by molar-refractivity contribution is -0.390. The molecule has 1 amide bonds. The Morgan fingerprint density at radius 2 is 1.46 bits per heavy atom. The Morgan fingerprint density at radius 1 is 0.946 bits per heavy atom. The molecule has 1 aliphatic heterocycles. The molecule has 0 aromatic rings. The lowest BCUT2D eigenvalue weighted by Gasteiger charge is -2.40. The van der Waals surface area contributed by atoms with Crippen LogP contribution in [0.2, 0.25) is 0 Å². The van der Waals surface area contributed by atoms with Gasteiger partial charge in [-0.2, -0.15) is 52.3 Å². The van der Waals surface area contributed by atoms with Crippen LogP contribution in [-0.2, 0) is 24.4 Å². The van der Waals surface area contributed by atoms with E-state index in [-0.39, 0.29) is 25.9 Å². The molecule has 0 bridgehead atoms. The average molecular weight is 587 g/mol. The van der Waals surface area contributed by atoms with Gasteiger partial charge >= 0.3 is 39.4 Å². The summed E-state index contributed by atoms with van der Waals surface area (Å²) in [6, 6.07) is 0. The Hall–Kier alpha value is -1.70. The highest BCUT2D eigenvalue weighted by molar-refractivity contribution is 7.87. The Kier molecular flexibility index (Phi) is 10.4. The molecule has 8 nitrogen and oxygen atoms in total. The minimum absolute atomic E-state index is 0.203. The van der Waals surface area contributed by atoms with Crippen LogP contribution in [0.3, 0.4) is 0 Å². The zero-order valence-electron chi connectivity index (χ0n) is 18.7. The number of halogens is 10. The van der Waals surface area contributed by atoms with Crippen LogP contribution in [0, 0.1) is 0 Å². The number of carbonyl (C=O) groups excluding carboxylic acids is 1. The summed E-state index contributed by atoms with van der Waals surface area (Å²) in [5.41, 5.74) is -2.23. The largest absolute Gasteiger partial charge is 0.453 e. The number of aliphatic hydroxyl groups excluding tert-OH is 1. The van der Waals surface area contributed by atoms with Crippen molar-refractivity contribution >= 4 is 16.0 Å². The first-order chi connectivity index (χ1) is 16.5. The van der Waals surface area contributed by atoms with Crippen LogP contribution in [0.15, 0.2) is 12.2 Å². The molecule has 0 aromatic carbocycles. The van der Waals surface area contributed by atoms with Gasteiger partial charge in [-0.05, 0) is 32.1 Å². The quantitative estimate of drug-likeness (QED) is 0.117. The summed E-state index contributed by atoms with van der Waals surface area (Å²) in [5, 5.41) is 3.68. The number of piperidine rings is 1. The van der Waals surface area contributed by atoms with E-state index in [1.54, 1.807) is 0 Å². The number of aliphatic hydroxyl groups is 1. The number of nitrogens with zero attached hydrogens (tertiary/aromatic N) is 1. The number of ether oxygens (including phenoxy) is 2. The van der Waals surface area contributed by atoms with Crippen molar-refractivity contribution in [3.8, 4) is 0 Å². The SMILES string of the molecule is C=C(C(O)OC(OCCCCC(F)(F)C(F)(F)S(=O)(=O)O)(C(=O)N1CCCCC1)C(F)(F)F)C(F)(F)F. The van der Waals surface area contributed by atoms with Gasteiger partial charge in [0.2, 0.25) is 0 Å². The van der Waals surface area contributed by atoms with Crippen LogP contribution in [0.4, 0.5) is 43.9 Å². The number of unbranched alkanes of at least 4 members (excludes halogenated alkanes) is 1. The van der Waals surface area contributed by atoms with Crippen LogP contribution < -0.4 is 0 Å². The number of likely N-dealkylation sites (tertiary alicyclic amines) is 1. The standard InChI is InChI=1S/C18H23F10NO7S/c1-11(16(21,22)23)12(30)36-15(17(24,25)26,13(31)29-8-4-2-5-9-29)35-10-6-3-7-14(19,20)18(27,28)37(32,33)34/h12,30H,1-10H2,(H,32,33,34). The summed E-state index contributed by atoms with van der Waals surface area (Å²) in [6.07, 6.45) is -18.1. The smallest absolute Gasteiger partial charge is 0.364 e. The third-order valence-electron chi connectivity index (χ3n) is 5.18. The number of carbonyl (C=O) groups is 1. The number of amides is 1. The summed E-state index contributed by atoms with van der Waals surface area (Å²) in [4.78, 5) is 13.3. The monoisotopic (exact) mass is 587 g/mol. The minimum atomic E-state index is -6.56. The molecule has 1 fully saturated rings. The molecule has 37 heavy (non-hydrogen) atoms. The molecule has 2 atom stereocenters. The third kappa shape index (κ3) is 7.67. The minimum Gasteiger partial charge on any atom is -0.364 e. The number of hydrogen-bond acceptors (Lipinski definition) is 6. The summed E-state index contributed by atoms with van der Waals surface area (Å²) < 4.78 is 172. The van der Waals surface area contributed by atoms with Gasteiger partial charge in [0.25, 0.3) is 5.91 Å². The lowest BCUT2D eigenvalue weighted by Crippen LogP contribution is -2.63. The van der Waals surface area contributed by atoms with E-state index in [0.717, 1.165) is 0 Å². The van der Waals surface area contributed by atoms with E-state index in [1.165, 1.54) is 0 Å². The van der Waals surface area contributed by atoms with Crippen molar-refractivity contribution in [2.45, 2.75) is 74.1 Å². The zero-order chi connectivity index (χ0) is 29.1. The highest BCUT2D eigenvalue weighted by atomic mass is 32.2. The van der Waals surface area contributed by atoms with Gasteiger partial charge in [0.1, 0.15) is 0 Å². The molecule has 1 aliphatic rings. The van der Waals surface area contributed by atoms with Crippen molar-refractivity contribution in [1.82, 2.24) is 4.90 Å². The Bertz CT molecular complexity index is 917. The van der Waals surface area contributed by atoms with Crippen molar-refractivity contribution in [3.63, 3.8) is 0 Å². The predicted molar refractivity (Wildman–Crippen MR) is 103 cm³/mol. The molecule has 0 spiro atoms. The van der Waals surface area contributed by atoms with Crippen LogP contribution >= 0.6 is 0 Å². The molecule has 218 valence electrons. The van der Waals surface area contributed by atoms with Crippen molar-refractivity contribution < 1.29 is 76.2 Å². The predicted octanol–water partition coefficient (Wildman–Crippen LogP) is 4.01. The number of alkyl halides is 10. The van der Waals surface area contributed by atoms with Gasteiger partial charge in [0, 0.05) is 19.5 Å². The molecule has 0 aliphatic carbocycles. The second-order valence-electron chi connectivity index (χ2n) is 7.96. The Balaban J connectivity index is 3.16. The molecule has 1 heterocycles. The first-order valence-corrected chi connectivity index (χ1v) is 11.8. The summed E-state index contributed by atoms with van der Waals surface area (Å²) in [6.45, 7) is 0.377. The Morgan fingerprint density at radius 3 is 1.89 bits per heavy atom. The molecule has 0 saturated carbocycles. The Labute approximate surface area is 203 Å². The normalized spacial score (nSPS) is 18.9. The summed E-state index contributed by atoms with van der Waals surface area (Å²) in [7, 11) is -6.56. The van der Waals surface area contributed by atoms with Crippen molar-refractivity contribution in [3.05, 3.63) is 12.2 Å². The van der Waals surface area contributed by atoms with Gasteiger partial charge in [0.15, 0.2) is 6.29 Å². The summed E-state index contributed by atoms with van der Waals surface area (Å²) >= 11 is 0. The number of hydrogen-bond donors (Lipinski definition) is 2. The van der Waals surface area contributed by atoms with Crippen molar-refractivity contribution in [2.75, 3.05) is 19.7 Å². The van der Waals surface area contributed by atoms with E-state index in [2.05, 4.69) is 16.1 Å². The van der Waals surface area contributed by atoms with E-state index >= 15 is 0 Å². The summed E-state index contributed by atoms with van der Waals surface area (Å²) in [5.74, 6) is -12.0. The van der Waals surface area contributed by atoms with E-state index in [4.69, 9.17) is 4.55 Å². The fourth-order valence-electron chi connectivity index (χ4n) is 3.09. The second-order valence-corrected chi connectivity index (χ2v) is 9.43. The molecular formula is C18H23F10NO7S. The molecule has 2 N–H and O–H groups in total. The van der Waals surface area contributed by atoms with E-state index < -0.39 is 83.1 Å². The first-order valence-electron chi connectivity index (χ1n) is 10.4. The highest BCUT2D eigenvalue weighted by Crippen LogP contribution is 2.43. The molecule has 0 aromatic heterocycles. The zero-order valence-corrected chi connectivity index (χ0v) is 19.5. The molecule has 1 saturated heterocycles. The molecule has 0 radical (unpaired) electrons. The van der Waals surface area contributed by atoms with Gasteiger partial charge in [0.05, 0.1) is 12.2 Å². The first kappa shape index (κ1) is 33.3. The van der Waals surface area contributed by atoms with Gasteiger partial charge in [-0.3, -0.25) is 9.35 Å². The topological polar surface area (TPSA) is 113 Å². The van der Waals surface area contributed by atoms with Gasteiger partial charge in [-0.25, -0.2) is 0 Å². The highest BCUT2D eigenvalue weighted by Gasteiger charge is 2.67. The van der Waals surface area contributed by atoms with E-state index in [1.807, 2.05) is 0 Å². The van der Waals surface area contributed by atoms with E-state index in [0.29, 0.717) is 11.3 Å².